The molecule has 0 spiro atoms. The van der Waals surface area contributed by atoms with E-state index >= 15 is 0 Å². The number of hydrogen-bond donors (Lipinski definition) is 9. The van der Waals surface area contributed by atoms with Gasteiger partial charge in [0.05, 0.1) is 101 Å². The van der Waals surface area contributed by atoms with Gasteiger partial charge in [0.15, 0.2) is 5.58 Å². The predicted octanol–water partition coefficient (Wildman–Crippen LogP) is 10.1. The van der Waals surface area contributed by atoms with Gasteiger partial charge in [0.1, 0.15) is 47.6 Å². The van der Waals surface area contributed by atoms with Gasteiger partial charge in [0, 0.05) is 122 Å². The number of H-pyrrole nitrogens is 1. The fraction of sp³-hybridized carbons (Fsp3) is 0.652. The summed E-state index contributed by atoms with van der Waals surface area (Å²) in [6.45, 7) is 19.0. The highest BCUT2D eigenvalue weighted by atomic mass is 16.6. The number of carbonyl (C=O) groups is 7. The first kappa shape index (κ1) is 98.2. The Kier molecular flexibility index (Phi) is 42.3. The Morgan fingerprint density at radius 3 is 2.21 bits per heavy atom. The summed E-state index contributed by atoms with van der Waals surface area (Å²) in [6.07, 6.45) is 21.4. The Morgan fingerprint density at radius 1 is 0.772 bits per heavy atom. The number of ketones is 2. The van der Waals surface area contributed by atoms with Crippen molar-refractivity contribution in [1.29, 1.82) is 5.41 Å². The molecule has 2 aromatic heterocycles. The number of Topliss-reactive ketones (excluding diaryl/α,β-unsaturated/α-hetero) is 2. The number of nitrogens with one attached hydrogen (secondary N) is 5. The van der Waals surface area contributed by atoms with E-state index in [1.807, 2.05) is 75.1 Å². The van der Waals surface area contributed by atoms with Crippen LogP contribution in [0.3, 0.4) is 0 Å². The van der Waals surface area contributed by atoms with E-state index in [1.165, 1.54) is 11.9 Å². The Bertz CT molecular complexity index is 4080. The maximum Gasteiger partial charge on any atom is 0.407 e. The molecule has 680 valence electrons. The molecule has 31 heteroatoms. The number of alkyl carbamates (subject to hydrolysis) is 1. The first-order chi connectivity index (χ1) is 59.5. The van der Waals surface area contributed by atoms with E-state index in [9.17, 15) is 48.9 Å². The van der Waals surface area contributed by atoms with Gasteiger partial charge in [-0.15, -0.1) is 0 Å². The van der Waals surface area contributed by atoms with Gasteiger partial charge < -0.3 is 94.0 Å². The van der Waals surface area contributed by atoms with Crippen molar-refractivity contribution in [2.75, 3.05) is 130 Å². The number of piperidine rings is 2. The molecule has 4 aliphatic heterocycles. The normalized spacial score (nSPS) is 20.6. The molecule has 2 unspecified atom stereocenters. The number of carbonyl (C=O) groups excluding carboxylic acids is 7. The minimum atomic E-state index is -1.03. The molecule has 3 saturated heterocycles. The zero-order valence-electron chi connectivity index (χ0n) is 73.2. The van der Waals surface area contributed by atoms with Crippen molar-refractivity contribution in [3.8, 4) is 0 Å². The van der Waals surface area contributed by atoms with E-state index in [0.717, 1.165) is 112 Å². The van der Waals surface area contributed by atoms with Crippen LogP contribution in [-0.4, -0.2) is 267 Å². The zero-order valence-corrected chi connectivity index (χ0v) is 73.2. The molecule has 123 heavy (non-hydrogen) atoms. The molecule has 1 aliphatic carbocycles. The lowest BCUT2D eigenvalue weighted by Gasteiger charge is -2.35. The van der Waals surface area contributed by atoms with Crippen LogP contribution >= 0.6 is 0 Å². The number of methoxy groups -OCH3 is 1. The van der Waals surface area contributed by atoms with Gasteiger partial charge in [-0.25, -0.2) is 19.9 Å². The van der Waals surface area contributed by atoms with Crippen molar-refractivity contribution in [3.63, 3.8) is 0 Å². The summed E-state index contributed by atoms with van der Waals surface area (Å²) >= 11 is 0. The first-order valence-corrected chi connectivity index (χ1v) is 44.6. The Labute approximate surface area is 724 Å². The standard InChI is InChI=1S/C92H137N11O20/c1-62(17-10-7-11-18-63(2)83(114-6)55-74-19-16-20-82(121-74)88(111)91(112)102-34-12-8-13-35-102)49-64(3)77(106)56-78(107)66(5)50-65(4)76(105)54-73(120-61-104)26-22-67-23-27-81(79(108)52-67)122-92(113)95-33-42-118-46-48-119-47-44-116-40-15-9-14-39-115-43-45-117-41-32-84(109)99-72-30-36-101(37-31-72)59-85(110)103-38-29-69-51-68(21-24-71(69)58-103)57-96-90-86(89(94)97-60-98-90)87(93)70-25-28-80-75(53-70)100-123-80/h7,10-11,17-18,21,24-25,28,50-51,53,60-62,64-65,67,72-74,76,78-79,81-83,93,100,105,107-108H,8-9,12-16,19-20,22-23,26-27,29-49,52,54-59H2,1-6H3,(H,95,113)(H,99,109)(H3,94,96,97,98)/b11-7+,17-10+,63-18+,66-50+,93-87?/t62-,64-,65-,67-,73-,74?,76-,78+,79-,81-,82?,83+/m1/s1. The average molecular weight is 1720 g/mol. The van der Waals surface area contributed by atoms with Gasteiger partial charge in [-0.05, 0) is 187 Å². The lowest BCUT2D eigenvalue weighted by atomic mass is 9.81. The third kappa shape index (κ3) is 33.4. The number of nitrogen functional groups attached to an aromatic ring is 1. The molecule has 0 bridgehead atoms. The number of likely N-dealkylation sites (tertiary alicyclic amines) is 2. The summed E-state index contributed by atoms with van der Waals surface area (Å²) in [5.41, 5.74) is 14.0. The number of aliphatic hydroxyl groups excluding tert-OH is 3. The Hall–Kier alpha value is -8.60. The molecule has 0 radical (unpaired) electrons. The number of aromatic amines is 1. The quantitative estimate of drug-likeness (QED) is 0.00495. The number of aliphatic hydroxyl groups is 3. The minimum Gasteiger partial charge on any atom is -0.464 e. The van der Waals surface area contributed by atoms with Crippen LogP contribution in [0.15, 0.2) is 94.9 Å². The summed E-state index contributed by atoms with van der Waals surface area (Å²) in [7, 11) is 1.66. The average Bonchev–Trinajstić information content (AvgIpc) is 0.787. The van der Waals surface area contributed by atoms with Crippen molar-refractivity contribution < 1.29 is 96.0 Å². The zero-order chi connectivity index (χ0) is 87.8. The fourth-order valence-electron chi connectivity index (χ4n) is 16.6. The van der Waals surface area contributed by atoms with Crippen LogP contribution in [0.5, 0.6) is 0 Å². The second-order valence-corrected chi connectivity index (χ2v) is 33.7. The molecule has 1 saturated carbocycles. The number of anilines is 2. The molecule has 10 N–H and O–H groups in total. The number of fused-ring (bicyclic) bond motifs is 2. The van der Waals surface area contributed by atoms with Crippen LogP contribution in [0.4, 0.5) is 16.4 Å². The molecular weight excluding hydrogens is 1580 g/mol. The molecule has 4 aromatic rings. The van der Waals surface area contributed by atoms with Crippen molar-refractivity contribution in [2.45, 2.75) is 244 Å². The van der Waals surface area contributed by atoms with Crippen LogP contribution in [0.2, 0.25) is 0 Å². The first-order valence-electron chi connectivity index (χ1n) is 44.6. The van der Waals surface area contributed by atoms with Gasteiger partial charge >= 0.3 is 6.09 Å². The van der Waals surface area contributed by atoms with Crippen molar-refractivity contribution in [3.05, 3.63) is 118 Å². The van der Waals surface area contributed by atoms with Gasteiger partial charge in [0.2, 0.25) is 17.6 Å². The number of rotatable bonds is 54. The molecule has 4 fully saturated rings. The van der Waals surface area contributed by atoms with Crippen LogP contribution in [0.25, 0.3) is 11.1 Å². The number of unbranched alkanes of at least 4 members (excludes halogenated alkanes) is 2. The van der Waals surface area contributed by atoms with Crippen molar-refractivity contribution in [1.82, 2.24) is 40.5 Å². The van der Waals surface area contributed by atoms with Crippen LogP contribution in [0.1, 0.15) is 197 Å². The predicted molar refractivity (Wildman–Crippen MR) is 465 cm³/mol. The molecule has 6 heterocycles. The molecule has 2 aromatic carbocycles. The molecule has 31 nitrogen and oxygen atoms in total. The van der Waals surface area contributed by atoms with Crippen LogP contribution in [0, 0.1) is 29.1 Å². The lowest BCUT2D eigenvalue weighted by Crippen LogP contribution is -2.48. The highest BCUT2D eigenvalue weighted by Gasteiger charge is 2.37. The van der Waals surface area contributed by atoms with E-state index in [1.54, 1.807) is 37.1 Å². The van der Waals surface area contributed by atoms with E-state index in [0.29, 0.717) is 179 Å². The number of benzene rings is 2. The van der Waals surface area contributed by atoms with E-state index in [4.69, 9.17) is 58.3 Å². The Morgan fingerprint density at radius 2 is 1.50 bits per heavy atom. The molecule has 4 amide bonds. The van der Waals surface area contributed by atoms with E-state index in [-0.39, 0.29) is 97.5 Å². The third-order valence-corrected chi connectivity index (χ3v) is 24.1. The van der Waals surface area contributed by atoms with Gasteiger partial charge in [0.25, 0.3) is 12.4 Å². The van der Waals surface area contributed by atoms with Crippen molar-refractivity contribution in [2.24, 2.45) is 23.7 Å². The molecule has 9 rings (SSSR count). The Balaban J connectivity index is 0.509. The van der Waals surface area contributed by atoms with Gasteiger partial charge in [-0.1, -0.05) is 75.4 Å². The van der Waals surface area contributed by atoms with E-state index in [2.05, 4.69) is 48.1 Å². The smallest absolute Gasteiger partial charge is 0.407 e. The molecular formula is C92H137N11O20. The minimum absolute atomic E-state index is 0.0432. The number of nitrogens with zero attached hydrogens (tertiary/aromatic N) is 5. The second kappa shape index (κ2) is 53.0. The summed E-state index contributed by atoms with van der Waals surface area (Å²) in [4.78, 5) is 104. The number of hydrogen-bond acceptors (Lipinski definition) is 26. The maximum atomic E-state index is 13.5. The fourth-order valence-corrected chi connectivity index (χ4v) is 16.6. The second-order valence-electron chi connectivity index (χ2n) is 33.7. The number of ether oxygens (including phenoxy) is 9. The SMILES string of the molecule is CO[C@@H](CC1CCCC(C(=O)C(=O)N2CCCCC2)O1)/C(C)=C/C=C/C=C/[C@@H](C)C[C@@H](C)C(=O)C[C@H](O)/C(C)=C/[C@@H](C)[C@H](O)C[C@@H](CC[C@@H]1CC[C@@H](OC(=O)NCCOCCOCCOCCCCCOCCOCCC(=O)NC2CCN(CC(=O)N3CCc4cc(CNc5ncnc(N)c5C(=N)c5ccc6o[nH]c6c5)ccc4C3)CC2)[C@H](O)C1)OC=O. The van der Waals surface area contributed by atoms with Crippen molar-refractivity contribution >= 4 is 70.3 Å². The number of nitrogens with two attached hydrogens (primary N) is 1. The maximum absolute atomic E-state index is 13.5. The number of aromatic nitrogens is 3. The third-order valence-electron chi connectivity index (χ3n) is 24.1. The summed E-state index contributed by atoms with van der Waals surface area (Å²) in [6, 6.07) is 11.8. The molecule has 12 atom stereocenters. The monoisotopic (exact) mass is 1720 g/mol. The highest BCUT2D eigenvalue weighted by Crippen LogP contribution is 2.34. The van der Waals surface area contributed by atoms with Crippen LogP contribution in [-0.2, 0) is 90.9 Å². The van der Waals surface area contributed by atoms with Gasteiger partial charge in [-0.3, -0.25) is 39.1 Å². The van der Waals surface area contributed by atoms with Gasteiger partial charge in [-0.2, -0.15) is 0 Å². The lowest BCUT2D eigenvalue weighted by molar-refractivity contribution is -0.157. The highest BCUT2D eigenvalue weighted by molar-refractivity contribution is 6.37. The van der Waals surface area contributed by atoms with E-state index < -0.39 is 60.3 Å². The van der Waals surface area contributed by atoms with Crippen LogP contribution < -0.4 is 21.7 Å². The molecule has 5 aliphatic rings. The number of allylic oxidation sites excluding steroid dienone is 5. The largest absolute Gasteiger partial charge is 0.464 e. The summed E-state index contributed by atoms with van der Waals surface area (Å²) in [5, 5.41) is 54.2. The topological polar surface area (TPSA) is 414 Å². The summed E-state index contributed by atoms with van der Waals surface area (Å²) < 4.78 is 56.5. The number of amides is 4. The summed E-state index contributed by atoms with van der Waals surface area (Å²) in [5.74, 6) is -0.748.